The second kappa shape index (κ2) is 3.21. The molecule has 0 N–H and O–H groups in total. The average molecular weight is 181 g/mol. The van der Waals surface area contributed by atoms with Crippen molar-refractivity contribution in [2.45, 2.75) is 11.9 Å². The van der Waals surface area contributed by atoms with Crippen molar-refractivity contribution in [1.29, 1.82) is 0 Å². The van der Waals surface area contributed by atoms with E-state index in [0.29, 0.717) is 6.42 Å². The summed E-state index contributed by atoms with van der Waals surface area (Å²) >= 11 is -0.163. The van der Waals surface area contributed by atoms with Crippen molar-refractivity contribution < 1.29 is 13.2 Å². The molecule has 0 radical (unpaired) electrons. The largest absolute Gasteiger partial charge is 0.462 e. The van der Waals surface area contributed by atoms with Crippen LogP contribution in [0.15, 0.2) is 24.6 Å². The summed E-state index contributed by atoms with van der Waals surface area (Å²) in [6, 6.07) is 0. The van der Waals surface area contributed by atoms with Gasteiger partial charge >= 0.3 is 5.51 Å². The molecule has 1 aliphatic heterocycles. The third kappa shape index (κ3) is 3.36. The lowest BCUT2D eigenvalue weighted by atomic mass is 10.4. The molecule has 0 aromatic heterocycles. The molecule has 0 aromatic rings. The number of nitrogens with zero attached hydrogens (tertiary/aromatic N) is 1. The van der Waals surface area contributed by atoms with Gasteiger partial charge in [-0.2, -0.15) is 13.2 Å². The Kier molecular flexibility index (Phi) is 2.49. The highest BCUT2D eigenvalue weighted by Gasteiger charge is 2.31. The van der Waals surface area contributed by atoms with E-state index >= 15 is 0 Å². The Hall–Kier alpha value is -0.580. The van der Waals surface area contributed by atoms with Crippen molar-refractivity contribution in [3.63, 3.8) is 0 Å². The van der Waals surface area contributed by atoms with Crippen molar-refractivity contribution in [2.24, 2.45) is 0 Å². The molecule has 0 atom stereocenters. The summed E-state index contributed by atoms with van der Waals surface area (Å²) in [4.78, 5) is 0. The number of allylic oxidation sites excluding steroid dienone is 2. The molecule has 5 heteroatoms. The van der Waals surface area contributed by atoms with Gasteiger partial charge in [-0.25, -0.2) is 0 Å². The summed E-state index contributed by atoms with van der Waals surface area (Å²) in [5, 5.41) is 0. The predicted molar refractivity (Wildman–Crippen MR) is 38.4 cm³/mol. The Morgan fingerprint density at radius 3 is 2.18 bits per heavy atom. The van der Waals surface area contributed by atoms with Crippen LogP contribution in [0.4, 0.5) is 13.2 Å². The van der Waals surface area contributed by atoms with Gasteiger partial charge in [0.05, 0.1) is 11.9 Å². The highest BCUT2D eigenvalue weighted by molar-refractivity contribution is 7.98. The van der Waals surface area contributed by atoms with Crippen molar-refractivity contribution in [3.05, 3.63) is 24.6 Å². The molecule has 0 aliphatic carbocycles. The van der Waals surface area contributed by atoms with E-state index in [1.54, 1.807) is 12.2 Å². The first kappa shape index (κ1) is 8.52. The van der Waals surface area contributed by atoms with E-state index in [0.717, 1.165) is 4.31 Å². The lowest BCUT2D eigenvalue weighted by Gasteiger charge is -2.17. The first-order chi connectivity index (χ1) is 5.08. The fraction of sp³-hybridized carbons (Fsp3) is 0.333. The molecule has 0 amide bonds. The molecule has 1 heterocycles. The fourth-order valence-corrected chi connectivity index (χ4v) is 1.17. The van der Waals surface area contributed by atoms with Gasteiger partial charge in [-0.3, -0.25) is 4.31 Å². The highest BCUT2D eigenvalue weighted by atomic mass is 32.2. The van der Waals surface area contributed by atoms with Crippen LogP contribution >= 0.6 is 11.9 Å². The maximum absolute atomic E-state index is 11.7. The molecule has 1 aliphatic rings. The van der Waals surface area contributed by atoms with Crippen molar-refractivity contribution >= 4 is 11.9 Å². The number of rotatable bonds is 1. The molecule has 0 aromatic carbocycles. The van der Waals surface area contributed by atoms with Crippen LogP contribution in [0.25, 0.3) is 0 Å². The third-order valence-corrected chi connectivity index (χ3v) is 1.65. The molecule has 0 saturated heterocycles. The van der Waals surface area contributed by atoms with E-state index in [4.69, 9.17) is 0 Å². The van der Waals surface area contributed by atoms with Gasteiger partial charge in [0, 0.05) is 12.4 Å². The smallest absolute Gasteiger partial charge is 0.292 e. The van der Waals surface area contributed by atoms with Crippen molar-refractivity contribution in [2.75, 3.05) is 0 Å². The van der Waals surface area contributed by atoms with Gasteiger partial charge < -0.3 is 0 Å². The van der Waals surface area contributed by atoms with Crippen LogP contribution in [0.1, 0.15) is 6.42 Å². The van der Waals surface area contributed by atoms with E-state index < -0.39 is 5.51 Å². The lowest BCUT2D eigenvalue weighted by molar-refractivity contribution is -0.0349. The number of hydrogen-bond donors (Lipinski definition) is 0. The first-order valence-electron chi connectivity index (χ1n) is 2.95. The average Bonchev–Trinajstić information content (AvgIpc) is 1.85. The molecular formula is C6H6F3NS. The molecule has 0 bridgehead atoms. The van der Waals surface area contributed by atoms with Crippen LogP contribution in [0.2, 0.25) is 0 Å². The molecule has 0 fully saturated rings. The minimum atomic E-state index is -4.20. The highest BCUT2D eigenvalue weighted by Crippen LogP contribution is 2.34. The standard InChI is InChI=1S/C6H6F3NS/c7-6(8,9)11-10-4-2-1-3-5-10/h2-5H,1H2. The van der Waals surface area contributed by atoms with Crippen LogP contribution < -0.4 is 0 Å². The molecule has 1 nitrogen and oxygen atoms in total. The maximum Gasteiger partial charge on any atom is 0.462 e. The molecule has 0 spiro atoms. The van der Waals surface area contributed by atoms with Crippen molar-refractivity contribution in [3.8, 4) is 0 Å². The SMILES string of the molecule is FC(F)(F)SN1C=CCC=C1. The van der Waals surface area contributed by atoms with E-state index in [1.807, 2.05) is 0 Å². The van der Waals surface area contributed by atoms with Crippen LogP contribution in [-0.4, -0.2) is 9.81 Å². The zero-order valence-electron chi connectivity index (χ0n) is 5.51. The Labute approximate surface area is 66.7 Å². The first-order valence-corrected chi connectivity index (χ1v) is 3.73. The summed E-state index contributed by atoms with van der Waals surface area (Å²) in [6.07, 6.45) is 6.84. The summed E-state index contributed by atoms with van der Waals surface area (Å²) in [6.45, 7) is 0. The van der Waals surface area contributed by atoms with Crippen LogP contribution in [0.3, 0.4) is 0 Å². The van der Waals surface area contributed by atoms with Crippen LogP contribution in [-0.2, 0) is 0 Å². The van der Waals surface area contributed by atoms with Gasteiger partial charge in [-0.15, -0.1) is 0 Å². The summed E-state index contributed by atoms with van der Waals surface area (Å²) < 4.78 is 36.1. The van der Waals surface area contributed by atoms with Gasteiger partial charge in [0.25, 0.3) is 0 Å². The zero-order chi connectivity index (χ0) is 8.32. The summed E-state index contributed by atoms with van der Waals surface area (Å²) in [5.74, 6) is 0. The van der Waals surface area contributed by atoms with Crippen LogP contribution in [0, 0.1) is 0 Å². The minimum absolute atomic E-state index is 0.163. The van der Waals surface area contributed by atoms with E-state index in [9.17, 15) is 13.2 Å². The predicted octanol–water partition coefficient (Wildman–Crippen LogP) is 2.89. The van der Waals surface area contributed by atoms with Crippen molar-refractivity contribution in [1.82, 2.24) is 4.31 Å². The van der Waals surface area contributed by atoms with E-state index in [2.05, 4.69) is 0 Å². The van der Waals surface area contributed by atoms with Gasteiger partial charge in [0.1, 0.15) is 0 Å². The summed E-state index contributed by atoms with van der Waals surface area (Å²) in [5.41, 5.74) is -4.20. The van der Waals surface area contributed by atoms with Crippen LogP contribution in [0.5, 0.6) is 0 Å². The van der Waals surface area contributed by atoms with Gasteiger partial charge in [0.15, 0.2) is 0 Å². The number of hydrogen-bond acceptors (Lipinski definition) is 2. The van der Waals surface area contributed by atoms with Gasteiger partial charge in [-0.1, -0.05) is 12.2 Å². The quantitative estimate of drug-likeness (QED) is 0.572. The number of alkyl halides is 3. The second-order valence-corrected chi connectivity index (χ2v) is 2.97. The maximum atomic E-state index is 11.7. The Bertz CT molecular complexity index is 173. The molecule has 0 unspecified atom stereocenters. The Balaban J connectivity index is 2.43. The fourth-order valence-electron chi connectivity index (χ4n) is 0.638. The monoisotopic (exact) mass is 181 g/mol. The van der Waals surface area contributed by atoms with E-state index in [1.165, 1.54) is 12.4 Å². The topological polar surface area (TPSA) is 3.24 Å². The lowest BCUT2D eigenvalue weighted by Crippen LogP contribution is -2.11. The Morgan fingerprint density at radius 2 is 1.73 bits per heavy atom. The normalized spacial score (nSPS) is 17.5. The summed E-state index contributed by atoms with van der Waals surface area (Å²) in [7, 11) is 0. The second-order valence-electron chi connectivity index (χ2n) is 1.90. The van der Waals surface area contributed by atoms with Gasteiger partial charge in [-0.05, 0) is 6.42 Å². The zero-order valence-corrected chi connectivity index (χ0v) is 6.32. The Morgan fingerprint density at radius 1 is 1.18 bits per heavy atom. The van der Waals surface area contributed by atoms with Gasteiger partial charge in [0.2, 0.25) is 0 Å². The van der Waals surface area contributed by atoms with E-state index in [-0.39, 0.29) is 11.9 Å². The molecule has 0 saturated carbocycles. The molecule has 62 valence electrons. The molecule has 1 rings (SSSR count). The molecular weight excluding hydrogens is 175 g/mol. The minimum Gasteiger partial charge on any atom is -0.292 e. The number of halogens is 3. The molecule has 11 heavy (non-hydrogen) atoms. The third-order valence-electron chi connectivity index (χ3n) is 0.986.